The van der Waals surface area contributed by atoms with Crippen molar-refractivity contribution in [2.75, 3.05) is 18.9 Å². The number of hydrogen-bond donors (Lipinski definition) is 3. The largest absolute Gasteiger partial charge is 0.416 e. The first-order chi connectivity index (χ1) is 17.7. The highest BCUT2D eigenvalue weighted by molar-refractivity contribution is 5.94. The first kappa shape index (κ1) is 24.7. The monoisotopic (exact) mass is 503 g/mol. The van der Waals surface area contributed by atoms with Crippen LogP contribution in [0.25, 0.3) is 0 Å². The molecule has 2 aliphatic heterocycles. The summed E-state index contributed by atoms with van der Waals surface area (Å²) in [6, 6.07) is 6.27. The van der Waals surface area contributed by atoms with E-state index in [1.165, 1.54) is 0 Å². The Hall–Kier alpha value is -3.99. The van der Waals surface area contributed by atoms with Crippen molar-refractivity contribution >= 4 is 17.6 Å². The number of rotatable bonds is 4. The number of likely N-dealkylation sites (N-methyl/N-ethyl adjacent to an activating group) is 1. The van der Waals surface area contributed by atoms with Crippen LogP contribution in [0.5, 0.6) is 0 Å². The van der Waals surface area contributed by atoms with Crippen molar-refractivity contribution in [2.24, 2.45) is 12.0 Å². The number of carbonyl (C=O) groups excluding carboxylic acids is 1. The third kappa shape index (κ3) is 5.26. The molecule has 2 atom stereocenters. The molecule has 0 aliphatic carbocycles. The average Bonchev–Trinajstić information content (AvgIpc) is 3.47. The third-order valence-corrected chi connectivity index (χ3v) is 6.55. The highest BCUT2D eigenvalue weighted by atomic mass is 16.4. The molecular weight excluding hydrogens is 470 g/mol. The van der Waals surface area contributed by atoms with Crippen LogP contribution in [0.2, 0.25) is 0 Å². The number of nitrogens with zero attached hydrogens (tertiary/aromatic N) is 6. The topological polar surface area (TPSA) is 126 Å². The molecule has 11 nitrogen and oxygen atoms in total. The summed E-state index contributed by atoms with van der Waals surface area (Å²) in [4.78, 5) is 19.6. The van der Waals surface area contributed by atoms with Gasteiger partial charge in [0.05, 0.1) is 24.0 Å². The van der Waals surface area contributed by atoms with Crippen molar-refractivity contribution in [3.8, 4) is 0 Å². The Morgan fingerprint density at radius 2 is 2.05 bits per heavy atom. The number of aliphatic imine (C=N–C) groups is 1. The number of fused-ring (bicyclic) bond motifs is 1. The zero-order valence-electron chi connectivity index (χ0n) is 21.8. The van der Waals surface area contributed by atoms with Gasteiger partial charge in [0.15, 0.2) is 0 Å². The zero-order chi connectivity index (χ0) is 26.2. The molecule has 0 saturated heterocycles. The van der Waals surface area contributed by atoms with Crippen molar-refractivity contribution < 1.29 is 9.21 Å². The number of amides is 1. The number of nitrogens with one attached hydrogen (secondary N) is 3. The van der Waals surface area contributed by atoms with Crippen LogP contribution in [0.3, 0.4) is 0 Å². The van der Waals surface area contributed by atoms with E-state index in [-0.39, 0.29) is 29.3 Å². The van der Waals surface area contributed by atoms with Gasteiger partial charge in [-0.15, -0.1) is 10.2 Å². The molecule has 3 N–H and O–H groups in total. The van der Waals surface area contributed by atoms with E-state index in [9.17, 15) is 4.79 Å². The average molecular weight is 504 g/mol. The predicted octanol–water partition coefficient (Wildman–Crippen LogP) is 3.03. The first-order valence-corrected chi connectivity index (χ1v) is 12.4. The van der Waals surface area contributed by atoms with Crippen molar-refractivity contribution in [3.63, 3.8) is 0 Å². The van der Waals surface area contributed by atoms with Crippen LogP contribution in [-0.4, -0.2) is 50.3 Å². The lowest BCUT2D eigenvalue weighted by molar-refractivity contribution is 0.0896. The van der Waals surface area contributed by atoms with Gasteiger partial charge >= 0.3 is 11.8 Å². The second kappa shape index (κ2) is 9.81. The van der Waals surface area contributed by atoms with Gasteiger partial charge in [0.1, 0.15) is 0 Å². The smallest absolute Gasteiger partial charge is 0.309 e. The van der Waals surface area contributed by atoms with Gasteiger partial charge in [0.25, 0.3) is 0 Å². The van der Waals surface area contributed by atoms with E-state index in [2.05, 4.69) is 65.4 Å². The molecule has 5 rings (SSSR count). The predicted molar refractivity (Wildman–Crippen MR) is 140 cm³/mol. The highest BCUT2D eigenvalue weighted by Crippen LogP contribution is 2.31. The summed E-state index contributed by atoms with van der Waals surface area (Å²) in [7, 11) is 3.89. The number of anilines is 1. The minimum absolute atomic E-state index is 0.00692. The summed E-state index contributed by atoms with van der Waals surface area (Å²) in [6.07, 6.45) is 8.33. The summed E-state index contributed by atoms with van der Waals surface area (Å²) in [5, 5.41) is 22.2. The van der Waals surface area contributed by atoms with Gasteiger partial charge in [-0.1, -0.05) is 39.0 Å². The SMILES string of the molecule is CN1C(Nc2cnn(C)c2)=NC=CC1c1ccc2c(c1)CNCCC2NC(=O)c1nnc(C(C)(C)C)o1. The molecule has 194 valence electrons. The van der Waals surface area contributed by atoms with Gasteiger partial charge in [0.2, 0.25) is 11.9 Å². The number of aromatic nitrogens is 4. The fraction of sp³-hybridized carbons (Fsp3) is 0.423. The minimum atomic E-state index is -0.359. The Kier molecular flexibility index (Phi) is 6.55. The lowest BCUT2D eigenvalue weighted by Gasteiger charge is -2.32. The number of aryl methyl sites for hydroxylation is 1. The van der Waals surface area contributed by atoms with E-state index < -0.39 is 0 Å². The van der Waals surface area contributed by atoms with Crippen LogP contribution in [-0.2, 0) is 19.0 Å². The molecule has 2 aromatic heterocycles. The van der Waals surface area contributed by atoms with E-state index in [0.717, 1.165) is 47.8 Å². The molecule has 0 radical (unpaired) electrons. The van der Waals surface area contributed by atoms with Crippen LogP contribution in [0.15, 0.2) is 52.3 Å². The summed E-state index contributed by atoms with van der Waals surface area (Å²) >= 11 is 0. The normalized spacial score (nSPS) is 19.7. The van der Waals surface area contributed by atoms with Crippen LogP contribution in [0.4, 0.5) is 5.69 Å². The standard InChI is InChI=1S/C26H33N9O2/c1-26(2,3)24-33-32-23(37-24)22(36)31-20-8-10-27-13-17-12-16(6-7-19(17)20)21-9-11-28-25(35(21)5)30-18-14-29-34(4)15-18/h6-7,9,11-12,14-15,20-21,27H,8,10,13H2,1-5H3,(H,28,30)(H,31,36). The van der Waals surface area contributed by atoms with Gasteiger partial charge in [-0.2, -0.15) is 5.10 Å². The summed E-state index contributed by atoms with van der Waals surface area (Å²) in [6.45, 7) is 7.40. The Morgan fingerprint density at radius 3 is 2.78 bits per heavy atom. The van der Waals surface area contributed by atoms with Crippen molar-refractivity contribution in [1.29, 1.82) is 0 Å². The molecule has 0 spiro atoms. The van der Waals surface area contributed by atoms with Crippen molar-refractivity contribution in [2.45, 2.75) is 51.2 Å². The molecule has 1 amide bonds. The van der Waals surface area contributed by atoms with Crippen LogP contribution in [0.1, 0.15) is 72.5 Å². The lowest BCUT2D eigenvalue weighted by atomic mass is 9.94. The molecule has 3 aromatic rings. The quantitative estimate of drug-likeness (QED) is 0.496. The maximum Gasteiger partial charge on any atom is 0.309 e. The second-order valence-electron chi connectivity index (χ2n) is 10.5. The fourth-order valence-corrected chi connectivity index (χ4v) is 4.53. The molecular formula is C26H33N9O2. The van der Waals surface area contributed by atoms with E-state index in [4.69, 9.17) is 4.42 Å². The van der Waals surface area contributed by atoms with Crippen molar-refractivity contribution in [3.05, 3.63) is 71.3 Å². The lowest BCUT2D eigenvalue weighted by Crippen LogP contribution is -2.37. The van der Waals surface area contributed by atoms with E-state index in [0.29, 0.717) is 5.89 Å². The van der Waals surface area contributed by atoms with E-state index >= 15 is 0 Å². The van der Waals surface area contributed by atoms with E-state index in [1.54, 1.807) is 10.9 Å². The molecule has 37 heavy (non-hydrogen) atoms. The van der Waals surface area contributed by atoms with Gasteiger partial charge in [-0.25, -0.2) is 4.99 Å². The molecule has 11 heteroatoms. The number of guanidine groups is 1. The summed E-state index contributed by atoms with van der Waals surface area (Å²) in [5.74, 6) is 0.813. The molecule has 0 bridgehead atoms. The number of hydrogen-bond acceptors (Lipinski definition) is 9. The molecule has 1 aromatic carbocycles. The van der Waals surface area contributed by atoms with Crippen LogP contribution in [0, 0.1) is 0 Å². The molecule has 2 aliphatic rings. The highest BCUT2D eigenvalue weighted by Gasteiger charge is 2.28. The maximum absolute atomic E-state index is 13.0. The molecule has 0 saturated carbocycles. The summed E-state index contributed by atoms with van der Waals surface area (Å²) in [5.41, 5.74) is 3.93. The Bertz CT molecular complexity index is 1350. The first-order valence-electron chi connectivity index (χ1n) is 12.4. The number of benzene rings is 1. The second-order valence-corrected chi connectivity index (χ2v) is 10.5. The Morgan fingerprint density at radius 1 is 1.22 bits per heavy atom. The third-order valence-electron chi connectivity index (χ3n) is 6.55. The van der Waals surface area contributed by atoms with Crippen molar-refractivity contribution in [1.82, 2.24) is 35.5 Å². The van der Waals surface area contributed by atoms with Gasteiger partial charge in [0, 0.05) is 38.5 Å². The molecule has 0 fully saturated rings. The summed E-state index contributed by atoms with van der Waals surface area (Å²) < 4.78 is 7.40. The Labute approximate surface area is 216 Å². The minimum Gasteiger partial charge on any atom is -0.416 e. The van der Waals surface area contributed by atoms with Crippen LogP contribution < -0.4 is 16.0 Å². The molecule has 2 unspecified atom stereocenters. The van der Waals surface area contributed by atoms with Gasteiger partial charge in [-0.3, -0.25) is 9.48 Å². The van der Waals surface area contributed by atoms with Gasteiger partial charge in [-0.05, 0) is 35.7 Å². The van der Waals surface area contributed by atoms with Crippen LogP contribution >= 0.6 is 0 Å². The zero-order valence-corrected chi connectivity index (χ0v) is 21.8. The Balaban J connectivity index is 1.33. The number of carbonyl (C=O) groups is 1. The fourth-order valence-electron chi connectivity index (χ4n) is 4.53. The van der Waals surface area contributed by atoms with E-state index in [1.807, 2.05) is 47.3 Å². The van der Waals surface area contributed by atoms with Gasteiger partial charge < -0.3 is 25.3 Å². The molecule has 4 heterocycles. The maximum atomic E-state index is 13.0.